The highest BCUT2D eigenvalue weighted by Gasteiger charge is 2.17. The summed E-state index contributed by atoms with van der Waals surface area (Å²) in [6.45, 7) is 3.78. The molecule has 36 heavy (non-hydrogen) atoms. The summed E-state index contributed by atoms with van der Waals surface area (Å²) >= 11 is 6.27. The summed E-state index contributed by atoms with van der Waals surface area (Å²) in [7, 11) is -1.27. The van der Waals surface area contributed by atoms with Crippen LogP contribution in [0.2, 0.25) is 5.15 Å². The maximum absolute atomic E-state index is 13.5. The van der Waals surface area contributed by atoms with Crippen molar-refractivity contribution in [3.63, 3.8) is 0 Å². The molecule has 0 radical (unpaired) electrons. The number of halogens is 1. The molecule has 4 heterocycles. The molecule has 0 fully saturated rings. The monoisotopic (exact) mass is 514 g/mol. The molecule has 4 aromatic heterocycles. The molecule has 5 rings (SSSR count). The van der Waals surface area contributed by atoms with E-state index >= 15 is 0 Å². The highest BCUT2D eigenvalue weighted by molar-refractivity contribution is 7.83. The summed E-state index contributed by atoms with van der Waals surface area (Å²) in [5.74, 6) is 0.463. The number of fused-ring (bicyclic) bond motifs is 1. The lowest BCUT2D eigenvalue weighted by Crippen LogP contribution is -2.14. The van der Waals surface area contributed by atoms with Gasteiger partial charge in [0.25, 0.3) is 0 Å². The number of aromatic amines is 1. The van der Waals surface area contributed by atoms with Gasteiger partial charge >= 0.3 is 0 Å². The fourth-order valence-corrected chi connectivity index (χ4v) is 5.57. The fourth-order valence-electron chi connectivity index (χ4n) is 4.11. The Morgan fingerprint density at radius 2 is 1.72 bits per heavy atom. The van der Waals surface area contributed by atoms with Gasteiger partial charge in [-0.05, 0) is 49.2 Å². The van der Waals surface area contributed by atoms with Crippen molar-refractivity contribution in [2.75, 3.05) is 0 Å². The van der Waals surface area contributed by atoms with Crippen LogP contribution in [0.4, 0.5) is 0 Å². The van der Waals surface area contributed by atoms with Gasteiger partial charge in [0.2, 0.25) is 0 Å². The van der Waals surface area contributed by atoms with Gasteiger partial charge in [0.1, 0.15) is 10.8 Å². The summed E-state index contributed by atoms with van der Waals surface area (Å²) in [4.78, 5) is 30.0. The highest BCUT2D eigenvalue weighted by atomic mass is 35.5. The SMILES string of the molecule is Cc1ccc(CS(=O)Cc2c[nH]c3nc(-c4ccccc4)c(-c4cc(C)nc(Cl)c4)cc3c2=O)cn1. The molecular weight excluding hydrogens is 492 g/mol. The molecule has 0 aliphatic rings. The minimum Gasteiger partial charge on any atom is -0.346 e. The normalized spacial score (nSPS) is 12.1. The van der Waals surface area contributed by atoms with E-state index in [-0.39, 0.29) is 11.2 Å². The van der Waals surface area contributed by atoms with Gasteiger partial charge in [-0.1, -0.05) is 48.0 Å². The molecule has 0 saturated heterocycles. The lowest BCUT2D eigenvalue weighted by molar-refractivity contribution is 0.682. The Labute approximate surface area is 215 Å². The smallest absolute Gasteiger partial charge is 0.195 e. The number of aryl methyl sites for hydroxylation is 2. The Bertz CT molecular complexity index is 1630. The minimum absolute atomic E-state index is 0.134. The van der Waals surface area contributed by atoms with Crippen molar-refractivity contribution in [1.29, 1.82) is 0 Å². The second-order valence-electron chi connectivity index (χ2n) is 8.65. The van der Waals surface area contributed by atoms with Gasteiger partial charge in [-0.2, -0.15) is 0 Å². The molecule has 0 spiro atoms. The van der Waals surface area contributed by atoms with Crippen molar-refractivity contribution in [3.8, 4) is 22.4 Å². The molecule has 0 saturated carbocycles. The molecule has 0 amide bonds. The molecule has 1 aromatic carbocycles. The van der Waals surface area contributed by atoms with Gasteiger partial charge in [-0.15, -0.1) is 0 Å². The topological polar surface area (TPSA) is 88.6 Å². The van der Waals surface area contributed by atoms with E-state index in [1.165, 1.54) is 0 Å². The zero-order chi connectivity index (χ0) is 25.2. The quantitative estimate of drug-likeness (QED) is 0.291. The molecule has 8 heteroatoms. The maximum Gasteiger partial charge on any atom is 0.195 e. The number of hydrogen-bond acceptors (Lipinski definition) is 5. The number of rotatable bonds is 6. The molecule has 0 aliphatic heterocycles. The van der Waals surface area contributed by atoms with Crippen molar-refractivity contribution < 1.29 is 4.21 Å². The number of benzene rings is 1. The van der Waals surface area contributed by atoms with E-state index in [0.717, 1.165) is 39.3 Å². The molecular formula is C28H23ClN4O2S. The minimum atomic E-state index is -1.27. The van der Waals surface area contributed by atoms with E-state index in [9.17, 15) is 9.00 Å². The Hall–Kier alpha value is -3.68. The van der Waals surface area contributed by atoms with E-state index in [0.29, 0.717) is 27.5 Å². The van der Waals surface area contributed by atoms with Crippen molar-refractivity contribution in [2.24, 2.45) is 0 Å². The summed E-state index contributed by atoms with van der Waals surface area (Å²) in [6.07, 6.45) is 3.34. The molecule has 180 valence electrons. The molecule has 5 aromatic rings. The van der Waals surface area contributed by atoms with Gasteiger partial charge in [-0.3, -0.25) is 14.0 Å². The van der Waals surface area contributed by atoms with Gasteiger partial charge in [0, 0.05) is 51.3 Å². The molecule has 0 bridgehead atoms. The second kappa shape index (κ2) is 10.1. The summed E-state index contributed by atoms with van der Waals surface area (Å²) < 4.78 is 12.9. The lowest BCUT2D eigenvalue weighted by atomic mass is 9.98. The zero-order valence-electron chi connectivity index (χ0n) is 19.8. The van der Waals surface area contributed by atoms with Crippen molar-refractivity contribution in [3.05, 3.63) is 111 Å². The van der Waals surface area contributed by atoms with Gasteiger partial charge in [0.15, 0.2) is 5.43 Å². The average molecular weight is 515 g/mol. The van der Waals surface area contributed by atoms with Crippen LogP contribution in [0.25, 0.3) is 33.4 Å². The first kappa shape index (κ1) is 24.0. The van der Waals surface area contributed by atoms with E-state index in [1.54, 1.807) is 18.5 Å². The first-order valence-corrected chi connectivity index (χ1v) is 13.3. The predicted octanol–water partition coefficient (Wildman–Crippen LogP) is 5.77. The van der Waals surface area contributed by atoms with Crippen LogP contribution in [0.1, 0.15) is 22.5 Å². The number of hydrogen-bond donors (Lipinski definition) is 1. The van der Waals surface area contributed by atoms with Crippen molar-refractivity contribution in [1.82, 2.24) is 19.9 Å². The van der Waals surface area contributed by atoms with Crippen LogP contribution in [-0.4, -0.2) is 24.1 Å². The molecule has 1 unspecified atom stereocenters. The van der Waals surface area contributed by atoms with Crippen LogP contribution in [0.3, 0.4) is 0 Å². The average Bonchev–Trinajstić information content (AvgIpc) is 2.86. The number of nitrogens with one attached hydrogen (secondary N) is 1. The summed E-state index contributed by atoms with van der Waals surface area (Å²) in [5, 5.41) is 0.800. The first-order valence-electron chi connectivity index (χ1n) is 11.4. The number of pyridine rings is 4. The standard InChI is InChI=1S/C28H23ClN4O2S/c1-17-8-9-19(13-30-17)15-36(35)16-22-14-31-28-24(27(22)34)12-23(21-10-18(2)32-25(29)11-21)26(33-28)20-6-4-3-5-7-20/h3-14H,15-16H2,1-2H3,(H,31,33,34). The summed E-state index contributed by atoms with van der Waals surface area (Å²) in [6, 6.07) is 19.1. The van der Waals surface area contributed by atoms with Gasteiger partial charge in [0.05, 0.1) is 22.6 Å². The van der Waals surface area contributed by atoms with Crippen LogP contribution in [0, 0.1) is 13.8 Å². The zero-order valence-corrected chi connectivity index (χ0v) is 21.4. The maximum atomic E-state index is 13.5. The van der Waals surface area contributed by atoms with Crippen LogP contribution in [0.15, 0.2) is 77.9 Å². The second-order valence-corrected chi connectivity index (χ2v) is 10.5. The van der Waals surface area contributed by atoms with Crippen LogP contribution >= 0.6 is 11.6 Å². The molecule has 0 aliphatic carbocycles. The van der Waals surface area contributed by atoms with Crippen molar-refractivity contribution >= 4 is 33.4 Å². The Kier molecular flexibility index (Phi) is 6.76. The number of aromatic nitrogens is 4. The third-order valence-corrected chi connectivity index (χ3v) is 7.32. The summed E-state index contributed by atoms with van der Waals surface area (Å²) in [5.41, 5.74) is 6.50. The highest BCUT2D eigenvalue weighted by Crippen LogP contribution is 2.33. The van der Waals surface area contributed by atoms with Crippen LogP contribution < -0.4 is 5.43 Å². The largest absolute Gasteiger partial charge is 0.346 e. The van der Waals surface area contributed by atoms with Crippen LogP contribution in [-0.2, 0) is 22.3 Å². The predicted molar refractivity (Wildman–Crippen MR) is 145 cm³/mol. The lowest BCUT2D eigenvalue weighted by Gasteiger charge is -2.13. The van der Waals surface area contributed by atoms with E-state index < -0.39 is 10.8 Å². The fraction of sp³-hybridized carbons (Fsp3) is 0.143. The Morgan fingerprint density at radius 1 is 0.917 bits per heavy atom. The Balaban J connectivity index is 1.59. The third kappa shape index (κ3) is 5.12. The van der Waals surface area contributed by atoms with E-state index in [4.69, 9.17) is 16.6 Å². The van der Waals surface area contributed by atoms with Gasteiger partial charge in [-0.25, -0.2) is 9.97 Å². The van der Waals surface area contributed by atoms with Gasteiger partial charge < -0.3 is 4.98 Å². The number of nitrogens with zero attached hydrogens (tertiary/aromatic N) is 3. The molecule has 6 nitrogen and oxygen atoms in total. The van der Waals surface area contributed by atoms with Crippen LogP contribution in [0.5, 0.6) is 0 Å². The van der Waals surface area contributed by atoms with Crippen molar-refractivity contribution in [2.45, 2.75) is 25.4 Å². The Morgan fingerprint density at radius 3 is 2.44 bits per heavy atom. The van der Waals surface area contributed by atoms with E-state index in [1.807, 2.05) is 68.4 Å². The first-order chi connectivity index (χ1) is 17.4. The van der Waals surface area contributed by atoms with E-state index in [2.05, 4.69) is 15.0 Å². The molecule has 1 N–H and O–H groups in total. The number of H-pyrrole nitrogens is 1. The third-order valence-electron chi connectivity index (χ3n) is 5.84. The molecule has 1 atom stereocenters.